The molecule has 0 heterocycles. The van der Waals surface area contributed by atoms with Gasteiger partial charge in [0.25, 0.3) is 0 Å². The van der Waals surface area contributed by atoms with Crippen molar-refractivity contribution in [3.8, 4) is 0 Å². The largest absolute Gasteiger partial charge is 0.459 e. The first-order chi connectivity index (χ1) is 11.2. The van der Waals surface area contributed by atoms with Crippen LogP contribution in [0.25, 0.3) is 0 Å². The van der Waals surface area contributed by atoms with Crippen LogP contribution in [0, 0.1) is 0 Å². The van der Waals surface area contributed by atoms with Gasteiger partial charge in [-0.1, -0.05) is 0 Å². The van der Waals surface area contributed by atoms with E-state index in [1.165, 1.54) is 38.0 Å². The molecule has 0 saturated carbocycles. The summed E-state index contributed by atoms with van der Waals surface area (Å²) in [6.07, 6.45) is 0.643. The van der Waals surface area contributed by atoms with Crippen molar-refractivity contribution in [1.82, 2.24) is 9.80 Å². The van der Waals surface area contributed by atoms with Crippen LogP contribution in [0.1, 0.15) is 0 Å². The Balaban J connectivity index is 3.79. The number of rotatable bonds is 8. The molecule has 0 aliphatic carbocycles. The third-order valence-electron chi connectivity index (χ3n) is 2.19. The van der Waals surface area contributed by atoms with Crippen molar-refractivity contribution in [3.05, 3.63) is 12.2 Å². The quantitative estimate of drug-likeness (QED) is 0.262. The standard InChI is InChI=1S/C14H22N2O8/c1-15(2)13(19)23-9-7-21-11(17)5-6-12(18)22-8-10-24-14(20)16(3)4/h5-6H,7-10H2,1-4H3/b6-5+. The molecule has 24 heavy (non-hydrogen) atoms. The van der Waals surface area contributed by atoms with Crippen LogP contribution in [0.15, 0.2) is 12.2 Å². The highest BCUT2D eigenvalue weighted by Gasteiger charge is 2.06. The molecular weight excluding hydrogens is 324 g/mol. The van der Waals surface area contributed by atoms with E-state index in [1.54, 1.807) is 0 Å². The summed E-state index contributed by atoms with van der Waals surface area (Å²) in [6.45, 7) is -0.479. The van der Waals surface area contributed by atoms with Crippen molar-refractivity contribution in [2.24, 2.45) is 0 Å². The van der Waals surface area contributed by atoms with Gasteiger partial charge in [0, 0.05) is 40.3 Å². The summed E-state index contributed by atoms with van der Waals surface area (Å²) in [6, 6.07) is 0. The van der Waals surface area contributed by atoms with E-state index < -0.39 is 24.1 Å². The molecular formula is C14H22N2O8. The summed E-state index contributed by atoms with van der Waals surface area (Å²) in [5.74, 6) is -1.57. The first kappa shape index (κ1) is 21.2. The van der Waals surface area contributed by atoms with E-state index in [-0.39, 0.29) is 26.4 Å². The molecule has 0 saturated heterocycles. The number of esters is 2. The van der Waals surface area contributed by atoms with Gasteiger partial charge in [0.05, 0.1) is 0 Å². The van der Waals surface area contributed by atoms with E-state index in [1.807, 2.05) is 0 Å². The molecule has 0 fully saturated rings. The molecule has 0 aromatic carbocycles. The van der Waals surface area contributed by atoms with E-state index in [2.05, 4.69) is 0 Å². The van der Waals surface area contributed by atoms with E-state index in [9.17, 15) is 19.2 Å². The molecule has 0 aliphatic rings. The van der Waals surface area contributed by atoms with Crippen LogP contribution in [-0.4, -0.2) is 88.5 Å². The second-order valence-corrected chi connectivity index (χ2v) is 4.69. The zero-order valence-electron chi connectivity index (χ0n) is 14.1. The minimum atomic E-state index is -0.785. The van der Waals surface area contributed by atoms with Gasteiger partial charge in [-0.25, -0.2) is 19.2 Å². The number of carbonyl (C=O) groups excluding carboxylic acids is 4. The van der Waals surface area contributed by atoms with Gasteiger partial charge in [-0.2, -0.15) is 0 Å². The molecule has 0 N–H and O–H groups in total. The van der Waals surface area contributed by atoms with Gasteiger partial charge in [-0.15, -0.1) is 0 Å². The van der Waals surface area contributed by atoms with Crippen molar-refractivity contribution >= 4 is 24.1 Å². The van der Waals surface area contributed by atoms with Gasteiger partial charge >= 0.3 is 24.1 Å². The zero-order chi connectivity index (χ0) is 18.5. The predicted molar refractivity (Wildman–Crippen MR) is 81.1 cm³/mol. The summed E-state index contributed by atoms with van der Waals surface area (Å²) in [5.41, 5.74) is 0. The van der Waals surface area contributed by atoms with Crippen LogP contribution >= 0.6 is 0 Å². The number of amides is 2. The van der Waals surface area contributed by atoms with Crippen LogP contribution in [-0.2, 0) is 28.5 Å². The van der Waals surface area contributed by atoms with Gasteiger partial charge in [0.15, 0.2) is 0 Å². The fourth-order valence-corrected chi connectivity index (χ4v) is 1.03. The summed E-state index contributed by atoms with van der Waals surface area (Å²) in [7, 11) is 6.07. The van der Waals surface area contributed by atoms with Gasteiger partial charge in [0.1, 0.15) is 26.4 Å². The van der Waals surface area contributed by atoms with E-state index >= 15 is 0 Å². The number of carbonyl (C=O) groups is 4. The minimum Gasteiger partial charge on any atom is -0.459 e. The molecule has 10 nitrogen and oxygen atoms in total. The second-order valence-electron chi connectivity index (χ2n) is 4.69. The maximum absolute atomic E-state index is 11.3. The lowest BCUT2D eigenvalue weighted by molar-refractivity contribution is -0.141. The lowest BCUT2D eigenvalue weighted by Gasteiger charge is -2.10. The van der Waals surface area contributed by atoms with Gasteiger partial charge in [-0.05, 0) is 0 Å². The fourth-order valence-electron chi connectivity index (χ4n) is 1.03. The average Bonchev–Trinajstić information content (AvgIpc) is 2.52. The van der Waals surface area contributed by atoms with Crippen LogP contribution in [0.5, 0.6) is 0 Å². The Morgan fingerprint density at radius 2 is 0.917 bits per heavy atom. The maximum atomic E-state index is 11.3. The van der Waals surface area contributed by atoms with Gasteiger partial charge < -0.3 is 28.7 Å². The van der Waals surface area contributed by atoms with Crippen molar-refractivity contribution in [2.75, 3.05) is 54.6 Å². The van der Waals surface area contributed by atoms with E-state index in [0.29, 0.717) is 0 Å². The molecule has 0 aromatic heterocycles. The lowest BCUT2D eigenvalue weighted by atomic mass is 10.5. The Kier molecular flexibility index (Phi) is 10.4. The first-order valence-electron chi connectivity index (χ1n) is 6.93. The first-order valence-corrected chi connectivity index (χ1v) is 6.93. The Morgan fingerprint density at radius 1 is 0.625 bits per heavy atom. The van der Waals surface area contributed by atoms with Crippen LogP contribution in [0.4, 0.5) is 9.59 Å². The monoisotopic (exact) mass is 346 g/mol. The summed E-state index contributed by atoms with van der Waals surface area (Å²) >= 11 is 0. The Labute approximate surface area is 139 Å². The molecule has 10 heteroatoms. The number of ether oxygens (including phenoxy) is 4. The number of hydrogen-bond acceptors (Lipinski definition) is 8. The average molecular weight is 346 g/mol. The molecule has 2 amide bonds. The van der Waals surface area contributed by atoms with E-state index in [4.69, 9.17) is 18.9 Å². The molecule has 0 unspecified atom stereocenters. The Morgan fingerprint density at radius 3 is 1.21 bits per heavy atom. The molecule has 0 atom stereocenters. The molecule has 136 valence electrons. The normalized spacial score (nSPS) is 10.0. The third kappa shape index (κ3) is 10.9. The highest BCUT2D eigenvalue weighted by molar-refractivity contribution is 5.91. The second kappa shape index (κ2) is 11.7. The molecule has 0 rings (SSSR count). The Hall–Kier alpha value is -2.78. The van der Waals surface area contributed by atoms with Crippen molar-refractivity contribution in [2.45, 2.75) is 0 Å². The highest BCUT2D eigenvalue weighted by atomic mass is 16.6. The van der Waals surface area contributed by atoms with Crippen molar-refractivity contribution in [3.63, 3.8) is 0 Å². The zero-order valence-corrected chi connectivity index (χ0v) is 14.1. The van der Waals surface area contributed by atoms with Gasteiger partial charge in [0.2, 0.25) is 0 Å². The molecule has 0 aromatic rings. The fraction of sp³-hybridized carbons (Fsp3) is 0.571. The molecule has 0 bridgehead atoms. The van der Waals surface area contributed by atoms with Crippen molar-refractivity contribution < 1.29 is 38.1 Å². The Bertz CT molecular complexity index is 431. The smallest absolute Gasteiger partial charge is 0.409 e. The molecule has 0 radical (unpaired) electrons. The number of hydrogen-bond donors (Lipinski definition) is 0. The van der Waals surface area contributed by atoms with Crippen molar-refractivity contribution in [1.29, 1.82) is 0 Å². The summed E-state index contributed by atoms with van der Waals surface area (Å²) in [5, 5.41) is 0. The van der Waals surface area contributed by atoms with Gasteiger partial charge in [-0.3, -0.25) is 0 Å². The van der Waals surface area contributed by atoms with E-state index in [0.717, 1.165) is 12.2 Å². The SMILES string of the molecule is CN(C)C(=O)OCCOC(=O)/C=C/C(=O)OCCOC(=O)N(C)C. The molecule has 0 aliphatic heterocycles. The highest BCUT2D eigenvalue weighted by Crippen LogP contribution is 1.90. The predicted octanol–water partition coefficient (Wildman–Crippen LogP) is 0.0254. The lowest BCUT2D eigenvalue weighted by Crippen LogP contribution is -2.24. The minimum absolute atomic E-state index is 0.0989. The summed E-state index contributed by atoms with van der Waals surface area (Å²) in [4.78, 5) is 47.1. The third-order valence-corrected chi connectivity index (χ3v) is 2.19. The van der Waals surface area contributed by atoms with Crippen LogP contribution in [0.3, 0.4) is 0 Å². The topological polar surface area (TPSA) is 112 Å². The maximum Gasteiger partial charge on any atom is 0.409 e. The summed E-state index contributed by atoms with van der Waals surface area (Å²) < 4.78 is 18.9. The van der Waals surface area contributed by atoms with Crippen LogP contribution < -0.4 is 0 Å². The number of nitrogens with zero attached hydrogens (tertiary/aromatic N) is 2. The van der Waals surface area contributed by atoms with Crippen LogP contribution in [0.2, 0.25) is 0 Å². The molecule has 0 spiro atoms.